The summed E-state index contributed by atoms with van der Waals surface area (Å²) in [4.78, 5) is 25.5. The maximum atomic E-state index is 12.5. The van der Waals surface area contributed by atoms with Gasteiger partial charge >= 0.3 is 0 Å². The number of rotatable bonds is 2. The van der Waals surface area contributed by atoms with Gasteiger partial charge in [0, 0.05) is 27.2 Å². The van der Waals surface area contributed by atoms with E-state index in [-0.39, 0.29) is 18.4 Å². The molecule has 2 unspecified atom stereocenters. The Bertz CT molecular complexity index is 245. The minimum absolute atomic E-state index is 0.0321. The molecule has 0 radical (unpaired) electrons. The molecule has 2 amide bonds. The Morgan fingerprint density at radius 1 is 1.53 bits per heavy atom. The summed E-state index contributed by atoms with van der Waals surface area (Å²) in [5, 5.41) is 0. The van der Waals surface area contributed by atoms with E-state index in [1.807, 2.05) is 0 Å². The fourth-order valence-electron chi connectivity index (χ4n) is 1.67. The van der Waals surface area contributed by atoms with Crippen molar-refractivity contribution in [3.05, 3.63) is 0 Å². The molecule has 0 saturated carbocycles. The van der Waals surface area contributed by atoms with Crippen LogP contribution in [0.3, 0.4) is 0 Å². The van der Waals surface area contributed by atoms with Gasteiger partial charge in [0.25, 0.3) is 11.5 Å². The van der Waals surface area contributed by atoms with Crippen molar-refractivity contribution in [1.29, 1.82) is 0 Å². The number of likely N-dealkylation sites (tertiary alicyclic amines) is 1. The molecule has 0 N–H and O–H groups in total. The molecule has 0 aromatic heterocycles. The first-order valence-electron chi connectivity index (χ1n) is 4.71. The zero-order chi connectivity index (χ0) is 11.6. The van der Waals surface area contributed by atoms with Gasteiger partial charge in [0.05, 0.1) is 5.92 Å². The van der Waals surface area contributed by atoms with Crippen LogP contribution in [0.1, 0.15) is 6.42 Å². The highest BCUT2D eigenvalue weighted by Crippen LogP contribution is 2.19. The van der Waals surface area contributed by atoms with E-state index in [2.05, 4.69) is 0 Å². The summed E-state index contributed by atoms with van der Waals surface area (Å²) in [6.45, 7) is 0.666. The molecule has 86 valence electrons. The van der Waals surface area contributed by atoms with E-state index >= 15 is 0 Å². The van der Waals surface area contributed by atoms with Crippen LogP contribution in [0.15, 0.2) is 0 Å². The van der Waals surface area contributed by atoms with Crippen LogP contribution in [0, 0.1) is 5.92 Å². The van der Waals surface area contributed by atoms with Gasteiger partial charge in [-0.15, -0.1) is 0 Å². The number of halogens is 2. The molecule has 1 fully saturated rings. The van der Waals surface area contributed by atoms with E-state index < -0.39 is 11.5 Å². The van der Waals surface area contributed by atoms with Gasteiger partial charge in [-0.05, 0) is 6.42 Å². The smallest absolute Gasteiger partial charge is 0.272 e. The molecule has 0 aromatic rings. The normalized spacial score (nSPS) is 22.7. The summed E-state index contributed by atoms with van der Waals surface area (Å²) in [7, 11) is 3.32. The first kappa shape index (κ1) is 12.2. The number of carbonyl (C=O) groups excluding carboxylic acids is 2. The Balaban J connectivity index is 2.53. The van der Waals surface area contributed by atoms with Gasteiger partial charge in [0.15, 0.2) is 0 Å². The van der Waals surface area contributed by atoms with Crippen molar-refractivity contribution >= 4 is 23.4 Å². The summed E-state index contributed by atoms with van der Waals surface area (Å²) in [5.41, 5.74) is -2.00. The number of nitrogens with zero attached hydrogens (tertiary/aromatic N) is 2. The molecule has 1 heterocycles. The molecule has 1 rings (SSSR count). The zero-order valence-electron chi connectivity index (χ0n) is 8.74. The van der Waals surface area contributed by atoms with Crippen LogP contribution in [0.4, 0.5) is 4.39 Å². The van der Waals surface area contributed by atoms with Crippen molar-refractivity contribution in [2.45, 2.75) is 12.1 Å². The third-order valence-electron chi connectivity index (χ3n) is 2.48. The predicted molar refractivity (Wildman–Crippen MR) is 54.1 cm³/mol. The van der Waals surface area contributed by atoms with Crippen molar-refractivity contribution in [3.63, 3.8) is 0 Å². The van der Waals surface area contributed by atoms with Gasteiger partial charge in [-0.2, -0.15) is 0 Å². The highest BCUT2D eigenvalue weighted by atomic mass is 35.5. The second-order valence-electron chi connectivity index (χ2n) is 3.80. The van der Waals surface area contributed by atoms with E-state index in [1.54, 1.807) is 14.1 Å². The number of alkyl halides is 2. The van der Waals surface area contributed by atoms with E-state index in [0.29, 0.717) is 13.0 Å². The SMILES string of the molecule is CN(C)C(=O)C1CCN(C(=O)C(F)Cl)C1. The lowest BCUT2D eigenvalue weighted by Gasteiger charge is -2.18. The number of carbonyl (C=O) groups is 2. The lowest BCUT2D eigenvalue weighted by molar-refractivity contribution is -0.134. The van der Waals surface area contributed by atoms with Crippen LogP contribution in [-0.2, 0) is 9.59 Å². The van der Waals surface area contributed by atoms with Gasteiger partial charge in [-0.25, -0.2) is 4.39 Å². The molecule has 0 aliphatic carbocycles. The monoisotopic (exact) mass is 236 g/mol. The molecule has 1 saturated heterocycles. The van der Waals surface area contributed by atoms with Crippen LogP contribution in [-0.4, -0.2) is 54.4 Å². The van der Waals surface area contributed by atoms with Gasteiger partial charge in [-0.1, -0.05) is 11.6 Å². The Labute approximate surface area is 93.0 Å². The van der Waals surface area contributed by atoms with Gasteiger partial charge in [0.1, 0.15) is 0 Å². The molecule has 1 aliphatic rings. The van der Waals surface area contributed by atoms with Crippen molar-refractivity contribution in [2.75, 3.05) is 27.2 Å². The van der Waals surface area contributed by atoms with Crippen LogP contribution in [0.25, 0.3) is 0 Å². The highest BCUT2D eigenvalue weighted by Gasteiger charge is 2.34. The quantitative estimate of drug-likeness (QED) is 0.654. The van der Waals surface area contributed by atoms with Crippen LogP contribution in [0.2, 0.25) is 0 Å². The summed E-state index contributed by atoms with van der Waals surface area (Å²) in [6.07, 6.45) is 0.576. The van der Waals surface area contributed by atoms with Crippen LogP contribution in [0.5, 0.6) is 0 Å². The van der Waals surface area contributed by atoms with Crippen LogP contribution >= 0.6 is 11.6 Å². The minimum atomic E-state index is -2.00. The second-order valence-corrected chi connectivity index (χ2v) is 4.19. The number of amides is 2. The van der Waals surface area contributed by atoms with Crippen molar-refractivity contribution in [3.8, 4) is 0 Å². The highest BCUT2D eigenvalue weighted by molar-refractivity contribution is 6.29. The first-order chi connectivity index (χ1) is 6.93. The third kappa shape index (κ3) is 2.81. The summed E-state index contributed by atoms with van der Waals surface area (Å²) < 4.78 is 12.5. The van der Waals surface area contributed by atoms with E-state index in [0.717, 1.165) is 0 Å². The fraction of sp³-hybridized carbons (Fsp3) is 0.778. The average Bonchev–Trinajstić information content (AvgIpc) is 2.63. The van der Waals surface area contributed by atoms with Crippen LogP contribution < -0.4 is 0 Å². The summed E-state index contributed by atoms with van der Waals surface area (Å²) >= 11 is 5.04. The molecule has 1 aliphatic heterocycles. The molecule has 4 nitrogen and oxygen atoms in total. The molecule has 2 atom stereocenters. The Hall–Kier alpha value is -0.840. The fourth-order valence-corrected chi connectivity index (χ4v) is 1.80. The minimum Gasteiger partial charge on any atom is -0.349 e. The molecule has 0 bridgehead atoms. The molecule has 6 heteroatoms. The average molecular weight is 237 g/mol. The first-order valence-corrected chi connectivity index (χ1v) is 5.15. The molecular formula is C9H14ClFN2O2. The van der Waals surface area contributed by atoms with Crippen molar-refractivity contribution < 1.29 is 14.0 Å². The lowest BCUT2D eigenvalue weighted by atomic mass is 10.1. The molecule has 0 spiro atoms. The maximum Gasteiger partial charge on any atom is 0.272 e. The topological polar surface area (TPSA) is 40.6 Å². The van der Waals surface area contributed by atoms with E-state index in [1.165, 1.54) is 9.80 Å². The van der Waals surface area contributed by atoms with E-state index in [4.69, 9.17) is 11.6 Å². The summed E-state index contributed by atoms with van der Waals surface area (Å²) in [5.74, 6) is -1.000. The van der Waals surface area contributed by atoms with Crippen molar-refractivity contribution in [1.82, 2.24) is 9.80 Å². The number of hydrogen-bond acceptors (Lipinski definition) is 2. The lowest BCUT2D eigenvalue weighted by Crippen LogP contribution is -2.36. The van der Waals surface area contributed by atoms with Crippen molar-refractivity contribution in [2.24, 2.45) is 5.92 Å². The second kappa shape index (κ2) is 4.79. The standard InChI is InChI=1S/C9H14ClFN2O2/c1-12(2)8(14)6-3-4-13(5-6)9(15)7(10)11/h6-7H,3-5H2,1-2H3. The maximum absolute atomic E-state index is 12.5. The zero-order valence-corrected chi connectivity index (χ0v) is 9.50. The Morgan fingerprint density at radius 2 is 2.13 bits per heavy atom. The van der Waals surface area contributed by atoms with E-state index in [9.17, 15) is 14.0 Å². The van der Waals surface area contributed by atoms with Gasteiger partial charge in [-0.3, -0.25) is 9.59 Å². The third-order valence-corrected chi connectivity index (χ3v) is 2.66. The Morgan fingerprint density at radius 3 is 2.60 bits per heavy atom. The van der Waals surface area contributed by atoms with Gasteiger partial charge in [0.2, 0.25) is 5.91 Å². The Kier molecular flexibility index (Phi) is 3.90. The van der Waals surface area contributed by atoms with Gasteiger partial charge < -0.3 is 9.80 Å². The molecule has 15 heavy (non-hydrogen) atoms. The predicted octanol–water partition coefficient (Wildman–Crippen LogP) is 0.457. The summed E-state index contributed by atoms with van der Waals surface area (Å²) in [6, 6.07) is 0. The molecule has 0 aromatic carbocycles. The molecular weight excluding hydrogens is 223 g/mol. The largest absolute Gasteiger partial charge is 0.349 e. The number of hydrogen-bond donors (Lipinski definition) is 0.